The Balaban J connectivity index is 1.59. The lowest BCUT2D eigenvalue weighted by molar-refractivity contribution is 0.196. The van der Waals surface area contributed by atoms with Gasteiger partial charge in [0.05, 0.1) is 7.11 Å². The molecule has 0 bridgehead atoms. The molecule has 1 atom stereocenters. The van der Waals surface area contributed by atoms with Crippen LogP contribution in [0, 0.1) is 0 Å². The first-order valence-corrected chi connectivity index (χ1v) is 6.92. The number of nitrogens with zero attached hydrogens (tertiary/aromatic N) is 4. The van der Waals surface area contributed by atoms with E-state index >= 15 is 0 Å². The van der Waals surface area contributed by atoms with Gasteiger partial charge in [0.1, 0.15) is 12.1 Å². The summed E-state index contributed by atoms with van der Waals surface area (Å²) in [7, 11) is 1.64. The van der Waals surface area contributed by atoms with Gasteiger partial charge in [0, 0.05) is 44.8 Å². The largest absolute Gasteiger partial charge is 0.481 e. The van der Waals surface area contributed by atoms with Crippen molar-refractivity contribution in [2.45, 2.75) is 12.5 Å². The van der Waals surface area contributed by atoms with E-state index in [0.717, 1.165) is 51.1 Å². The third-order valence-corrected chi connectivity index (χ3v) is 4.03. The monoisotopic (exact) mass is 263 g/mol. The summed E-state index contributed by atoms with van der Waals surface area (Å²) in [5, 5.41) is 3.44. The predicted octanol–water partition coefficient (Wildman–Crippen LogP) is -0.0309. The molecule has 1 N–H and O–H groups in total. The number of rotatable bonds is 3. The molecule has 19 heavy (non-hydrogen) atoms. The molecule has 1 aromatic rings. The molecule has 0 saturated carbocycles. The lowest BCUT2D eigenvalue weighted by atomic mass is 10.2. The molecule has 3 rings (SSSR count). The van der Waals surface area contributed by atoms with Crippen LogP contribution >= 0.6 is 0 Å². The summed E-state index contributed by atoms with van der Waals surface area (Å²) in [6, 6.07) is 2.63. The van der Waals surface area contributed by atoms with Crippen molar-refractivity contribution in [1.82, 2.24) is 20.2 Å². The van der Waals surface area contributed by atoms with Crippen LogP contribution in [-0.4, -0.2) is 67.3 Å². The third-order valence-electron chi connectivity index (χ3n) is 4.03. The first-order chi connectivity index (χ1) is 9.36. The van der Waals surface area contributed by atoms with Gasteiger partial charge in [0.2, 0.25) is 5.88 Å². The average Bonchev–Trinajstić information content (AvgIpc) is 3.02. The van der Waals surface area contributed by atoms with Gasteiger partial charge in [-0.15, -0.1) is 0 Å². The Labute approximate surface area is 113 Å². The highest BCUT2D eigenvalue weighted by Gasteiger charge is 2.26. The molecular formula is C13H21N5O. The summed E-state index contributed by atoms with van der Waals surface area (Å²) < 4.78 is 5.15. The third kappa shape index (κ3) is 2.79. The second-order valence-electron chi connectivity index (χ2n) is 5.09. The fraction of sp³-hybridized carbons (Fsp3) is 0.692. The van der Waals surface area contributed by atoms with Crippen LogP contribution in [0.3, 0.4) is 0 Å². The molecule has 2 saturated heterocycles. The van der Waals surface area contributed by atoms with Crippen molar-refractivity contribution in [3.63, 3.8) is 0 Å². The Morgan fingerprint density at radius 2 is 2.11 bits per heavy atom. The second kappa shape index (κ2) is 5.71. The maximum atomic E-state index is 5.15. The molecule has 1 unspecified atom stereocenters. The van der Waals surface area contributed by atoms with Gasteiger partial charge in [-0.1, -0.05) is 0 Å². The van der Waals surface area contributed by atoms with Crippen LogP contribution in [0.25, 0.3) is 0 Å². The fourth-order valence-corrected chi connectivity index (χ4v) is 2.88. The van der Waals surface area contributed by atoms with Crippen molar-refractivity contribution in [1.29, 1.82) is 0 Å². The smallest absolute Gasteiger partial charge is 0.218 e. The number of piperazine rings is 1. The normalized spacial score (nSPS) is 24.7. The molecule has 2 fully saturated rings. The van der Waals surface area contributed by atoms with Crippen LogP contribution in [0.1, 0.15) is 6.42 Å². The van der Waals surface area contributed by atoms with Crippen molar-refractivity contribution >= 4 is 5.82 Å². The molecule has 0 radical (unpaired) electrons. The zero-order valence-electron chi connectivity index (χ0n) is 11.4. The van der Waals surface area contributed by atoms with Gasteiger partial charge in [-0.05, 0) is 13.0 Å². The predicted molar refractivity (Wildman–Crippen MR) is 73.6 cm³/mol. The van der Waals surface area contributed by atoms with Crippen LogP contribution in [0.2, 0.25) is 0 Å². The minimum absolute atomic E-state index is 0.632. The summed E-state index contributed by atoms with van der Waals surface area (Å²) in [6.07, 6.45) is 2.85. The number of anilines is 1. The van der Waals surface area contributed by atoms with E-state index in [9.17, 15) is 0 Å². The zero-order valence-corrected chi connectivity index (χ0v) is 11.4. The second-order valence-corrected chi connectivity index (χ2v) is 5.09. The number of ether oxygens (including phenoxy) is 1. The van der Waals surface area contributed by atoms with Gasteiger partial charge in [0.15, 0.2) is 0 Å². The molecule has 104 valence electrons. The van der Waals surface area contributed by atoms with Gasteiger partial charge in [-0.25, -0.2) is 9.97 Å². The quantitative estimate of drug-likeness (QED) is 0.826. The number of hydrogen-bond acceptors (Lipinski definition) is 6. The van der Waals surface area contributed by atoms with Crippen LogP contribution in [0.5, 0.6) is 5.88 Å². The van der Waals surface area contributed by atoms with Crippen molar-refractivity contribution in [3.8, 4) is 5.88 Å². The number of nitrogens with one attached hydrogen (secondary N) is 1. The molecular weight excluding hydrogens is 242 g/mol. The number of hydrogen-bond donors (Lipinski definition) is 1. The molecule has 2 aliphatic heterocycles. The van der Waals surface area contributed by atoms with Gasteiger partial charge >= 0.3 is 0 Å². The lowest BCUT2D eigenvalue weighted by Gasteiger charge is -2.38. The van der Waals surface area contributed by atoms with Crippen LogP contribution in [-0.2, 0) is 0 Å². The van der Waals surface area contributed by atoms with Crippen molar-refractivity contribution < 1.29 is 4.74 Å². The minimum Gasteiger partial charge on any atom is -0.481 e. The molecule has 6 nitrogen and oxygen atoms in total. The molecule has 1 aromatic heterocycles. The summed E-state index contributed by atoms with van der Waals surface area (Å²) >= 11 is 0. The minimum atomic E-state index is 0.632. The standard InChI is InChI=1S/C13H21N5O/c1-19-13-8-12(15-10-16-13)18-6-4-17(5-7-18)11-2-3-14-9-11/h8,10-11,14H,2-7,9H2,1H3. The molecule has 0 aliphatic carbocycles. The SMILES string of the molecule is COc1cc(N2CCN(C3CCNC3)CC2)ncn1. The summed E-state index contributed by atoms with van der Waals surface area (Å²) in [6.45, 7) is 6.57. The Morgan fingerprint density at radius 1 is 1.26 bits per heavy atom. The van der Waals surface area contributed by atoms with Crippen LogP contribution < -0.4 is 15.0 Å². The number of methoxy groups -OCH3 is 1. The summed E-state index contributed by atoms with van der Waals surface area (Å²) in [5.74, 6) is 1.60. The molecule has 0 spiro atoms. The summed E-state index contributed by atoms with van der Waals surface area (Å²) in [5.41, 5.74) is 0. The Bertz CT molecular complexity index is 413. The Morgan fingerprint density at radius 3 is 2.79 bits per heavy atom. The van der Waals surface area contributed by atoms with Crippen LogP contribution in [0.15, 0.2) is 12.4 Å². The highest BCUT2D eigenvalue weighted by Crippen LogP contribution is 2.19. The van der Waals surface area contributed by atoms with E-state index in [0.29, 0.717) is 5.88 Å². The molecule has 0 aromatic carbocycles. The van der Waals surface area contributed by atoms with Crippen molar-refractivity contribution in [3.05, 3.63) is 12.4 Å². The van der Waals surface area contributed by atoms with Gasteiger partial charge in [-0.2, -0.15) is 0 Å². The molecule has 0 amide bonds. The van der Waals surface area contributed by atoms with Crippen molar-refractivity contribution in [2.24, 2.45) is 0 Å². The van der Waals surface area contributed by atoms with E-state index in [-0.39, 0.29) is 0 Å². The zero-order chi connectivity index (χ0) is 13.1. The van der Waals surface area contributed by atoms with E-state index < -0.39 is 0 Å². The summed E-state index contributed by atoms with van der Waals surface area (Å²) in [4.78, 5) is 13.3. The molecule has 2 aliphatic rings. The topological polar surface area (TPSA) is 53.5 Å². The number of aromatic nitrogens is 2. The first-order valence-electron chi connectivity index (χ1n) is 6.92. The van der Waals surface area contributed by atoms with Gasteiger partial charge in [-0.3, -0.25) is 4.90 Å². The van der Waals surface area contributed by atoms with E-state index in [1.54, 1.807) is 13.4 Å². The van der Waals surface area contributed by atoms with E-state index in [4.69, 9.17) is 4.74 Å². The van der Waals surface area contributed by atoms with E-state index in [1.807, 2.05) is 6.07 Å². The highest BCUT2D eigenvalue weighted by molar-refractivity contribution is 5.41. The van der Waals surface area contributed by atoms with E-state index in [1.165, 1.54) is 6.42 Å². The maximum Gasteiger partial charge on any atom is 0.218 e. The fourth-order valence-electron chi connectivity index (χ4n) is 2.88. The Hall–Kier alpha value is -1.40. The lowest BCUT2D eigenvalue weighted by Crippen LogP contribution is -2.51. The van der Waals surface area contributed by atoms with Crippen LogP contribution in [0.4, 0.5) is 5.82 Å². The van der Waals surface area contributed by atoms with Gasteiger partial charge in [0.25, 0.3) is 0 Å². The maximum absolute atomic E-state index is 5.15. The first kappa shape index (κ1) is 12.6. The molecule has 6 heteroatoms. The molecule has 3 heterocycles. The van der Waals surface area contributed by atoms with Crippen molar-refractivity contribution in [2.75, 3.05) is 51.3 Å². The van der Waals surface area contributed by atoms with Gasteiger partial charge < -0.3 is 15.0 Å². The Kier molecular flexibility index (Phi) is 3.79. The highest BCUT2D eigenvalue weighted by atomic mass is 16.5. The van der Waals surface area contributed by atoms with E-state index in [2.05, 4.69) is 25.1 Å². The average molecular weight is 263 g/mol.